The topological polar surface area (TPSA) is 62.0 Å². The van der Waals surface area contributed by atoms with Crippen molar-refractivity contribution in [1.82, 2.24) is 4.98 Å². The first kappa shape index (κ1) is 12.1. The van der Waals surface area contributed by atoms with E-state index in [1.54, 1.807) is 0 Å². The molecule has 17 heavy (non-hydrogen) atoms. The van der Waals surface area contributed by atoms with E-state index < -0.39 is 6.10 Å². The smallest absolute Gasteiger partial charge is 0.0732 e. The second-order valence-electron chi connectivity index (χ2n) is 4.56. The summed E-state index contributed by atoms with van der Waals surface area (Å²) in [6.45, 7) is 2.11. The van der Waals surface area contributed by atoms with Crippen LogP contribution in [0.2, 0.25) is 0 Å². The van der Waals surface area contributed by atoms with Crippen LogP contribution >= 0.6 is 0 Å². The third-order valence-electron chi connectivity index (χ3n) is 3.23. The minimum Gasteiger partial charge on any atom is -0.391 e. The molecule has 3 heteroatoms. The molecule has 0 saturated carbocycles. The Morgan fingerprint density at radius 2 is 2.18 bits per heavy atom. The highest BCUT2D eigenvalue weighted by Gasteiger charge is 2.16. The molecule has 0 radical (unpaired) electrons. The third-order valence-corrected chi connectivity index (χ3v) is 3.23. The van der Waals surface area contributed by atoms with E-state index >= 15 is 0 Å². The van der Waals surface area contributed by atoms with Gasteiger partial charge in [0.15, 0.2) is 0 Å². The summed E-state index contributed by atoms with van der Waals surface area (Å²) in [7, 11) is 0. The number of aromatic amines is 1. The summed E-state index contributed by atoms with van der Waals surface area (Å²) < 4.78 is 0. The van der Waals surface area contributed by atoms with Crippen LogP contribution in [-0.2, 0) is 0 Å². The second-order valence-corrected chi connectivity index (χ2v) is 4.56. The number of fused-ring (bicyclic) bond motifs is 1. The fourth-order valence-corrected chi connectivity index (χ4v) is 2.09. The fourth-order valence-electron chi connectivity index (χ4n) is 2.09. The number of H-pyrrole nitrogens is 1. The van der Waals surface area contributed by atoms with E-state index in [1.165, 1.54) is 5.39 Å². The Kier molecular flexibility index (Phi) is 3.82. The van der Waals surface area contributed by atoms with Crippen LogP contribution in [0.5, 0.6) is 0 Å². The van der Waals surface area contributed by atoms with E-state index in [2.05, 4.69) is 11.9 Å². The number of aliphatic hydroxyl groups is 1. The van der Waals surface area contributed by atoms with Crippen molar-refractivity contribution in [3.05, 3.63) is 36.0 Å². The van der Waals surface area contributed by atoms with Crippen LogP contribution in [0.4, 0.5) is 0 Å². The van der Waals surface area contributed by atoms with Crippen LogP contribution in [0, 0.1) is 0 Å². The zero-order valence-corrected chi connectivity index (χ0v) is 10.2. The molecule has 2 aromatic rings. The lowest BCUT2D eigenvalue weighted by Gasteiger charge is -2.19. The van der Waals surface area contributed by atoms with Gasteiger partial charge in [-0.25, -0.2) is 0 Å². The summed E-state index contributed by atoms with van der Waals surface area (Å²) in [5.41, 5.74) is 8.13. The first-order valence-corrected chi connectivity index (χ1v) is 6.23. The molecule has 1 aromatic carbocycles. The Morgan fingerprint density at radius 1 is 1.35 bits per heavy atom. The summed E-state index contributed by atoms with van der Waals surface area (Å²) in [4.78, 5) is 3.16. The van der Waals surface area contributed by atoms with E-state index in [-0.39, 0.29) is 6.04 Å². The molecule has 1 aromatic heterocycles. The third kappa shape index (κ3) is 2.68. The van der Waals surface area contributed by atoms with Gasteiger partial charge >= 0.3 is 0 Å². The summed E-state index contributed by atoms with van der Waals surface area (Å²) in [5.74, 6) is 0. The zero-order chi connectivity index (χ0) is 12.3. The van der Waals surface area contributed by atoms with Crippen molar-refractivity contribution in [3.8, 4) is 0 Å². The largest absolute Gasteiger partial charge is 0.391 e. The lowest BCUT2D eigenvalue weighted by atomic mass is 9.98. The maximum Gasteiger partial charge on any atom is 0.0732 e. The molecule has 2 rings (SSSR count). The Bertz CT molecular complexity index is 478. The number of aliphatic hydroxyl groups excluding tert-OH is 1. The lowest BCUT2D eigenvalue weighted by molar-refractivity contribution is 0.132. The van der Waals surface area contributed by atoms with Crippen LogP contribution in [-0.4, -0.2) is 16.2 Å². The van der Waals surface area contributed by atoms with Crippen molar-refractivity contribution in [2.24, 2.45) is 5.73 Å². The van der Waals surface area contributed by atoms with Gasteiger partial charge in [-0.05, 0) is 29.5 Å². The SMILES string of the molecule is CCCC[C@H](O)[C@H](N)c1ccc2cc[nH]c2c1. The molecule has 0 aliphatic carbocycles. The van der Waals surface area contributed by atoms with Gasteiger partial charge in [0.25, 0.3) is 0 Å². The van der Waals surface area contributed by atoms with Gasteiger partial charge in [-0.15, -0.1) is 0 Å². The van der Waals surface area contributed by atoms with Crippen molar-refractivity contribution < 1.29 is 5.11 Å². The molecule has 0 saturated heterocycles. The highest BCUT2D eigenvalue weighted by molar-refractivity contribution is 5.79. The van der Waals surface area contributed by atoms with Gasteiger partial charge in [0.2, 0.25) is 0 Å². The van der Waals surface area contributed by atoms with Crippen LogP contribution in [0.15, 0.2) is 30.5 Å². The van der Waals surface area contributed by atoms with E-state index in [0.717, 1.165) is 30.3 Å². The van der Waals surface area contributed by atoms with Crippen molar-refractivity contribution >= 4 is 10.9 Å². The maximum atomic E-state index is 9.99. The molecule has 0 spiro atoms. The van der Waals surface area contributed by atoms with E-state index in [0.29, 0.717) is 0 Å². The van der Waals surface area contributed by atoms with Gasteiger partial charge in [-0.1, -0.05) is 31.9 Å². The predicted octanol–water partition coefficient (Wildman–Crippen LogP) is 2.72. The van der Waals surface area contributed by atoms with Crippen molar-refractivity contribution in [1.29, 1.82) is 0 Å². The Hall–Kier alpha value is -1.32. The summed E-state index contributed by atoms with van der Waals surface area (Å²) in [5, 5.41) is 11.2. The fraction of sp³-hybridized carbons (Fsp3) is 0.429. The molecule has 1 heterocycles. The van der Waals surface area contributed by atoms with Crippen LogP contribution in [0.1, 0.15) is 37.8 Å². The first-order chi connectivity index (χ1) is 8.22. The molecule has 92 valence electrons. The summed E-state index contributed by atoms with van der Waals surface area (Å²) >= 11 is 0. The number of hydrogen-bond donors (Lipinski definition) is 3. The Morgan fingerprint density at radius 3 is 2.94 bits per heavy atom. The van der Waals surface area contributed by atoms with Gasteiger partial charge in [-0.2, -0.15) is 0 Å². The van der Waals surface area contributed by atoms with Gasteiger partial charge in [0.05, 0.1) is 12.1 Å². The van der Waals surface area contributed by atoms with Gasteiger partial charge in [0, 0.05) is 11.7 Å². The number of rotatable bonds is 5. The predicted molar refractivity (Wildman–Crippen MR) is 70.8 cm³/mol. The van der Waals surface area contributed by atoms with Gasteiger partial charge in [0.1, 0.15) is 0 Å². The molecule has 0 fully saturated rings. The quantitative estimate of drug-likeness (QED) is 0.742. The van der Waals surface area contributed by atoms with Crippen LogP contribution < -0.4 is 5.73 Å². The number of aromatic nitrogens is 1. The highest BCUT2D eigenvalue weighted by atomic mass is 16.3. The zero-order valence-electron chi connectivity index (χ0n) is 10.2. The van der Waals surface area contributed by atoms with E-state index in [9.17, 15) is 5.11 Å². The number of hydrogen-bond acceptors (Lipinski definition) is 2. The molecule has 2 atom stereocenters. The molecule has 4 N–H and O–H groups in total. The van der Waals surface area contributed by atoms with Crippen molar-refractivity contribution in [2.75, 3.05) is 0 Å². The highest BCUT2D eigenvalue weighted by Crippen LogP contribution is 2.22. The summed E-state index contributed by atoms with van der Waals surface area (Å²) in [6, 6.07) is 7.78. The molecule has 0 unspecified atom stereocenters. The number of benzene rings is 1. The van der Waals surface area contributed by atoms with Crippen molar-refractivity contribution in [2.45, 2.75) is 38.3 Å². The van der Waals surface area contributed by atoms with E-state index in [1.807, 2.05) is 30.5 Å². The molecule has 0 aliphatic rings. The van der Waals surface area contributed by atoms with Crippen molar-refractivity contribution in [3.63, 3.8) is 0 Å². The molecule has 3 nitrogen and oxygen atoms in total. The van der Waals surface area contributed by atoms with Crippen LogP contribution in [0.3, 0.4) is 0 Å². The molecular weight excluding hydrogens is 212 g/mol. The average Bonchev–Trinajstić information content (AvgIpc) is 2.81. The lowest BCUT2D eigenvalue weighted by Crippen LogP contribution is -2.26. The minimum absolute atomic E-state index is 0.297. The number of unbranched alkanes of at least 4 members (excludes halogenated alkanes) is 1. The summed E-state index contributed by atoms with van der Waals surface area (Å²) in [6.07, 6.45) is 4.31. The second kappa shape index (κ2) is 5.34. The van der Waals surface area contributed by atoms with Gasteiger partial charge < -0.3 is 15.8 Å². The first-order valence-electron chi connectivity index (χ1n) is 6.23. The standard InChI is InChI=1S/C14H20N2O/c1-2-3-4-13(17)14(15)11-6-5-10-7-8-16-12(10)9-11/h5-9,13-14,16-17H,2-4,15H2,1H3/t13-,14+/m0/s1. The van der Waals surface area contributed by atoms with Crippen LogP contribution in [0.25, 0.3) is 10.9 Å². The maximum absolute atomic E-state index is 9.99. The molecule has 0 bridgehead atoms. The van der Waals surface area contributed by atoms with Gasteiger partial charge in [-0.3, -0.25) is 0 Å². The number of nitrogens with one attached hydrogen (secondary N) is 1. The average molecular weight is 232 g/mol. The monoisotopic (exact) mass is 232 g/mol. The Balaban J connectivity index is 2.14. The Labute approximate surface area is 102 Å². The van der Waals surface area contributed by atoms with E-state index in [4.69, 9.17) is 5.73 Å². The molecular formula is C14H20N2O. The normalized spacial score (nSPS) is 15.0. The number of nitrogens with two attached hydrogens (primary N) is 1. The molecule has 0 amide bonds. The minimum atomic E-state index is -0.456. The molecule has 0 aliphatic heterocycles.